The van der Waals surface area contributed by atoms with Gasteiger partial charge < -0.3 is 5.32 Å². The summed E-state index contributed by atoms with van der Waals surface area (Å²) in [5.41, 5.74) is 0.814. The molecular weight excluding hydrogens is 393 g/mol. The van der Waals surface area contributed by atoms with Crippen LogP contribution in [-0.4, -0.2) is 27.1 Å². The number of anilines is 1. The Hall–Kier alpha value is -2.55. The van der Waals surface area contributed by atoms with E-state index in [0.29, 0.717) is 5.69 Å². The van der Waals surface area contributed by atoms with Crippen LogP contribution in [0, 0.1) is 0 Å². The van der Waals surface area contributed by atoms with Gasteiger partial charge in [-0.1, -0.05) is 31.2 Å². The Labute approximate surface area is 162 Å². The van der Waals surface area contributed by atoms with Crippen molar-refractivity contribution < 1.29 is 26.4 Å². The molecule has 152 valence electrons. The molecule has 1 amide bonds. The summed E-state index contributed by atoms with van der Waals surface area (Å²) in [6, 6.07) is 11.4. The van der Waals surface area contributed by atoms with Crippen LogP contribution in [0.15, 0.2) is 48.5 Å². The lowest BCUT2D eigenvalue weighted by Crippen LogP contribution is -2.40. The number of rotatable bonds is 7. The van der Waals surface area contributed by atoms with Gasteiger partial charge in [0.2, 0.25) is 15.9 Å². The molecule has 0 aliphatic carbocycles. The quantitative estimate of drug-likeness (QED) is 0.756. The van der Waals surface area contributed by atoms with Crippen molar-refractivity contribution in [3.63, 3.8) is 0 Å². The van der Waals surface area contributed by atoms with Gasteiger partial charge in [0, 0.05) is 6.54 Å². The van der Waals surface area contributed by atoms with E-state index in [-0.39, 0.29) is 12.1 Å². The summed E-state index contributed by atoms with van der Waals surface area (Å²) in [6.45, 7) is 1.35. The predicted molar refractivity (Wildman–Crippen MR) is 101 cm³/mol. The molecule has 0 spiro atoms. The molecule has 0 unspecified atom stereocenters. The lowest BCUT2D eigenvalue weighted by atomic mass is 10.1. The normalized spacial score (nSPS) is 11.9. The third kappa shape index (κ3) is 5.98. The molecule has 0 aliphatic rings. The van der Waals surface area contributed by atoms with E-state index < -0.39 is 34.2 Å². The van der Waals surface area contributed by atoms with Crippen molar-refractivity contribution in [2.45, 2.75) is 26.1 Å². The molecule has 0 saturated carbocycles. The van der Waals surface area contributed by atoms with Crippen LogP contribution < -0.4 is 9.62 Å². The van der Waals surface area contributed by atoms with Crippen molar-refractivity contribution in [2.75, 3.05) is 17.1 Å². The molecule has 0 aromatic heterocycles. The van der Waals surface area contributed by atoms with E-state index >= 15 is 0 Å². The Morgan fingerprint density at radius 2 is 1.71 bits per heavy atom. The van der Waals surface area contributed by atoms with Crippen LogP contribution in [0.3, 0.4) is 0 Å². The Morgan fingerprint density at radius 3 is 2.25 bits per heavy atom. The number of benzene rings is 2. The number of hydrogen-bond acceptors (Lipinski definition) is 3. The highest BCUT2D eigenvalue weighted by atomic mass is 32.2. The van der Waals surface area contributed by atoms with E-state index in [1.807, 2.05) is 6.92 Å². The molecular formula is C19H21F3N2O3S. The molecule has 28 heavy (non-hydrogen) atoms. The van der Waals surface area contributed by atoms with Gasteiger partial charge in [-0.2, -0.15) is 13.2 Å². The van der Waals surface area contributed by atoms with Gasteiger partial charge in [0.1, 0.15) is 6.54 Å². The second-order valence-corrected chi connectivity index (χ2v) is 8.17. The molecule has 0 fully saturated rings. The first kappa shape index (κ1) is 21.7. The van der Waals surface area contributed by atoms with Crippen LogP contribution in [-0.2, 0) is 34.0 Å². The number of sulfonamides is 1. The smallest absolute Gasteiger partial charge is 0.350 e. The first-order valence-electron chi connectivity index (χ1n) is 8.50. The fraction of sp³-hybridized carbons (Fsp3) is 0.316. The molecule has 2 rings (SSSR count). The fourth-order valence-corrected chi connectivity index (χ4v) is 3.40. The highest BCUT2D eigenvalue weighted by Gasteiger charge is 2.30. The molecule has 2 aromatic rings. The minimum Gasteiger partial charge on any atom is -0.350 e. The Balaban J connectivity index is 2.08. The number of nitrogens with zero attached hydrogens (tertiary/aromatic N) is 1. The lowest BCUT2D eigenvalue weighted by Gasteiger charge is -2.22. The van der Waals surface area contributed by atoms with Crippen molar-refractivity contribution in [3.8, 4) is 0 Å². The van der Waals surface area contributed by atoms with Crippen LogP contribution in [0.1, 0.15) is 23.6 Å². The van der Waals surface area contributed by atoms with Crippen molar-refractivity contribution in [1.29, 1.82) is 0 Å². The molecule has 0 bridgehead atoms. The number of carbonyl (C=O) groups excluding carboxylic acids is 1. The van der Waals surface area contributed by atoms with Crippen molar-refractivity contribution >= 4 is 21.6 Å². The van der Waals surface area contributed by atoms with Gasteiger partial charge in [0.05, 0.1) is 17.5 Å². The fourth-order valence-electron chi connectivity index (χ4n) is 2.54. The zero-order chi connectivity index (χ0) is 20.9. The first-order valence-corrected chi connectivity index (χ1v) is 10.3. The molecule has 9 heteroatoms. The Bertz CT molecular complexity index is 926. The maximum Gasteiger partial charge on any atom is 0.416 e. The van der Waals surface area contributed by atoms with Gasteiger partial charge in [-0.25, -0.2) is 8.42 Å². The number of halogens is 3. The molecule has 0 radical (unpaired) electrons. The molecule has 0 atom stereocenters. The maximum absolute atomic E-state index is 12.8. The predicted octanol–water partition coefficient (Wildman–Crippen LogP) is 3.35. The van der Waals surface area contributed by atoms with Crippen LogP contribution >= 0.6 is 0 Å². The molecule has 2 aromatic carbocycles. The zero-order valence-corrected chi connectivity index (χ0v) is 16.3. The number of aryl methyl sites for hydroxylation is 1. The summed E-state index contributed by atoms with van der Waals surface area (Å²) < 4.78 is 63.3. The van der Waals surface area contributed by atoms with Gasteiger partial charge >= 0.3 is 6.18 Å². The topological polar surface area (TPSA) is 66.5 Å². The van der Waals surface area contributed by atoms with E-state index in [1.165, 1.54) is 12.1 Å². The van der Waals surface area contributed by atoms with Crippen LogP contribution in [0.4, 0.5) is 18.9 Å². The van der Waals surface area contributed by atoms with Gasteiger partial charge in [0.25, 0.3) is 0 Å². The third-order valence-electron chi connectivity index (χ3n) is 4.06. The van der Waals surface area contributed by atoms with Crippen molar-refractivity contribution in [1.82, 2.24) is 5.32 Å². The summed E-state index contributed by atoms with van der Waals surface area (Å²) in [6.07, 6.45) is -2.70. The number of carbonyl (C=O) groups is 1. The summed E-state index contributed by atoms with van der Waals surface area (Å²) in [5, 5.41) is 2.46. The van der Waals surface area contributed by atoms with Gasteiger partial charge in [-0.05, 0) is 41.8 Å². The van der Waals surface area contributed by atoms with Crippen LogP contribution in [0.2, 0.25) is 0 Å². The minimum absolute atomic E-state index is 0.144. The highest BCUT2D eigenvalue weighted by molar-refractivity contribution is 7.92. The monoisotopic (exact) mass is 414 g/mol. The number of nitrogens with one attached hydrogen (secondary N) is 1. The average Bonchev–Trinajstić information content (AvgIpc) is 2.63. The standard InChI is InChI=1S/C19H21F3N2O3S/c1-3-14-7-9-17(10-8-14)24(28(2,26)27)13-18(25)23-12-15-5-4-6-16(11-15)19(20,21)22/h4-11H,3,12-13H2,1-2H3,(H,23,25). The summed E-state index contributed by atoms with van der Waals surface area (Å²) in [5.74, 6) is -0.623. The van der Waals surface area contributed by atoms with Crippen LogP contribution in [0.5, 0.6) is 0 Å². The zero-order valence-electron chi connectivity index (χ0n) is 15.5. The molecule has 0 saturated heterocycles. The molecule has 0 aliphatic heterocycles. The first-order chi connectivity index (χ1) is 13.0. The van der Waals surface area contributed by atoms with E-state index in [4.69, 9.17) is 0 Å². The number of amides is 1. The van der Waals surface area contributed by atoms with Gasteiger partial charge in [0.15, 0.2) is 0 Å². The van der Waals surface area contributed by atoms with Crippen molar-refractivity contribution in [3.05, 3.63) is 65.2 Å². The average molecular weight is 414 g/mol. The summed E-state index contributed by atoms with van der Waals surface area (Å²) >= 11 is 0. The molecule has 1 N–H and O–H groups in total. The highest BCUT2D eigenvalue weighted by Crippen LogP contribution is 2.29. The maximum atomic E-state index is 12.8. The lowest BCUT2D eigenvalue weighted by molar-refractivity contribution is -0.137. The Morgan fingerprint density at radius 1 is 1.07 bits per heavy atom. The second kappa shape index (κ2) is 8.64. The SMILES string of the molecule is CCc1ccc(N(CC(=O)NCc2cccc(C(F)(F)F)c2)S(C)(=O)=O)cc1. The van der Waals surface area contributed by atoms with Gasteiger partial charge in [-0.15, -0.1) is 0 Å². The largest absolute Gasteiger partial charge is 0.416 e. The second-order valence-electron chi connectivity index (χ2n) is 6.26. The third-order valence-corrected chi connectivity index (χ3v) is 5.20. The van der Waals surface area contributed by atoms with E-state index in [0.717, 1.165) is 34.7 Å². The minimum atomic E-state index is -4.47. The molecule has 0 heterocycles. The van der Waals surface area contributed by atoms with Crippen molar-refractivity contribution in [2.24, 2.45) is 0 Å². The summed E-state index contributed by atoms with van der Waals surface area (Å²) in [4.78, 5) is 12.2. The summed E-state index contributed by atoms with van der Waals surface area (Å²) in [7, 11) is -3.72. The van der Waals surface area contributed by atoms with Crippen LogP contribution in [0.25, 0.3) is 0 Å². The van der Waals surface area contributed by atoms with E-state index in [1.54, 1.807) is 24.3 Å². The van der Waals surface area contributed by atoms with E-state index in [2.05, 4.69) is 5.32 Å². The van der Waals surface area contributed by atoms with E-state index in [9.17, 15) is 26.4 Å². The number of hydrogen-bond donors (Lipinski definition) is 1. The van der Waals surface area contributed by atoms with Gasteiger partial charge in [-0.3, -0.25) is 9.10 Å². The Kier molecular flexibility index (Phi) is 6.71. The molecule has 5 nitrogen and oxygen atoms in total. The number of alkyl halides is 3.